The molecule has 0 aromatic carbocycles. The van der Waals surface area contributed by atoms with Crippen molar-refractivity contribution in [1.82, 2.24) is 20.6 Å². The first-order valence-electron chi connectivity index (χ1n) is 1.67. The van der Waals surface area contributed by atoms with Gasteiger partial charge in [-0.3, -0.25) is 5.10 Å². The summed E-state index contributed by atoms with van der Waals surface area (Å²) in [4.78, 5) is 2.40. The minimum atomic E-state index is -0.0486. The molecule has 0 N–H and O–H groups in total. The van der Waals surface area contributed by atoms with E-state index in [2.05, 4.69) is 30.7 Å². The molecular formula is CN7Na. The van der Waals surface area contributed by atoms with Gasteiger partial charge in [-0.2, -0.15) is 5.21 Å². The Labute approximate surface area is 71.8 Å². The van der Waals surface area contributed by atoms with Gasteiger partial charge < -0.3 is 0 Å². The van der Waals surface area contributed by atoms with Gasteiger partial charge in [-0.15, -0.1) is 5.21 Å². The van der Waals surface area contributed by atoms with Crippen LogP contribution in [0.5, 0.6) is 0 Å². The second-order valence-electron chi connectivity index (χ2n) is 0.868. The van der Waals surface area contributed by atoms with Gasteiger partial charge in [-0.25, -0.2) is 5.10 Å². The average Bonchev–Trinajstić information content (AvgIpc) is 2.19. The molecular weight excluding hydrogens is 133 g/mol. The van der Waals surface area contributed by atoms with Crippen molar-refractivity contribution in [3.05, 3.63) is 10.4 Å². The summed E-state index contributed by atoms with van der Waals surface area (Å²) in [6.07, 6.45) is 0. The zero-order chi connectivity index (χ0) is 5.82. The van der Waals surface area contributed by atoms with Gasteiger partial charge in [0.1, 0.15) is 0 Å². The van der Waals surface area contributed by atoms with Crippen molar-refractivity contribution >= 4 is 5.95 Å². The summed E-state index contributed by atoms with van der Waals surface area (Å²) in [6.45, 7) is 0. The number of aromatic nitrogens is 4. The van der Waals surface area contributed by atoms with Crippen molar-refractivity contribution in [2.75, 3.05) is 0 Å². The Hall–Kier alpha value is -0.620. The standard InChI is InChI=1S/CN7.Na/c2-6-3-1-4-7-8-5-1;/q-1;+1. The zero-order valence-corrected chi connectivity index (χ0v) is 6.63. The van der Waals surface area contributed by atoms with Gasteiger partial charge in [0.25, 0.3) is 0 Å². The third-order valence-electron chi connectivity index (χ3n) is 0.442. The van der Waals surface area contributed by atoms with E-state index in [0.717, 1.165) is 0 Å². The van der Waals surface area contributed by atoms with E-state index in [9.17, 15) is 0 Å². The summed E-state index contributed by atoms with van der Waals surface area (Å²) >= 11 is 0. The number of hydrogen-bond acceptors (Lipinski definition) is 4. The van der Waals surface area contributed by atoms with Crippen molar-refractivity contribution < 1.29 is 29.6 Å². The Morgan fingerprint density at radius 1 is 1.67 bits per heavy atom. The minimum Gasteiger partial charge on any atom is -0.262 e. The van der Waals surface area contributed by atoms with Gasteiger partial charge in [0.2, 0.25) is 0 Å². The second-order valence-corrected chi connectivity index (χ2v) is 0.868. The van der Waals surface area contributed by atoms with Crippen LogP contribution in [0.2, 0.25) is 0 Å². The summed E-state index contributed by atoms with van der Waals surface area (Å²) in [5.41, 5.74) is 7.76. The molecule has 8 heteroatoms. The molecule has 0 radical (unpaired) electrons. The maximum atomic E-state index is 7.76. The van der Waals surface area contributed by atoms with Gasteiger partial charge in [0.15, 0.2) is 5.95 Å². The molecule has 0 spiro atoms. The summed E-state index contributed by atoms with van der Waals surface area (Å²) in [6, 6.07) is 0. The Morgan fingerprint density at radius 2 is 2.44 bits per heavy atom. The molecule has 0 aliphatic carbocycles. The topological polar surface area (TPSA) is 102 Å². The smallest absolute Gasteiger partial charge is 0.262 e. The van der Waals surface area contributed by atoms with Gasteiger partial charge in [-0.1, -0.05) is 0 Å². The van der Waals surface area contributed by atoms with E-state index in [1.54, 1.807) is 0 Å². The molecule has 0 saturated heterocycles. The van der Waals surface area contributed by atoms with Crippen molar-refractivity contribution in [2.24, 2.45) is 5.11 Å². The molecule has 0 fully saturated rings. The van der Waals surface area contributed by atoms with Crippen LogP contribution in [0.1, 0.15) is 0 Å². The number of rotatable bonds is 1. The van der Waals surface area contributed by atoms with Crippen LogP contribution < -0.4 is 34.7 Å². The van der Waals surface area contributed by atoms with Crippen LogP contribution in [0.4, 0.5) is 5.95 Å². The SMILES string of the molecule is [N-]=[N+]=Nc1nnn[n-]1.[Na+]. The predicted molar refractivity (Wildman–Crippen MR) is 22.0 cm³/mol. The fraction of sp³-hybridized carbons (Fsp3) is 0. The molecule has 0 amide bonds. The molecule has 0 unspecified atom stereocenters. The quantitative estimate of drug-likeness (QED) is 0.174. The number of hydrogen-bond donors (Lipinski definition) is 0. The molecule has 0 bridgehead atoms. The third-order valence-corrected chi connectivity index (χ3v) is 0.442. The Morgan fingerprint density at radius 3 is 2.89 bits per heavy atom. The van der Waals surface area contributed by atoms with Gasteiger partial charge in [0.05, 0.1) is 10.0 Å². The first-order chi connectivity index (χ1) is 3.93. The maximum absolute atomic E-state index is 7.76. The Balaban J connectivity index is 0.000000640. The monoisotopic (exact) mass is 133 g/mol. The van der Waals surface area contributed by atoms with Crippen LogP contribution >= 0.6 is 0 Å². The van der Waals surface area contributed by atoms with Crippen LogP contribution in [0.3, 0.4) is 0 Å². The molecule has 1 rings (SSSR count). The average molecular weight is 133 g/mol. The predicted octanol–water partition coefficient (Wildman–Crippen LogP) is -3.23. The molecule has 40 valence electrons. The van der Waals surface area contributed by atoms with E-state index in [0.29, 0.717) is 0 Å². The van der Waals surface area contributed by atoms with Gasteiger partial charge in [-0.05, 0) is 0 Å². The Kier molecular flexibility index (Phi) is 3.98. The summed E-state index contributed by atoms with van der Waals surface area (Å²) in [5.74, 6) is -0.0486. The van der Waals surface area contributed by atoms with E-state index in [-0.39, 0.29) is 35.5 Å². The molecule has 0 aliphatic heterocycles. The van der Waals surface area contributed by atoms with Crippen LogP contribution in [0.15, 0.2) is 5.11 Å². The molecule has 1 heterocycles. The third kappa shape index (κ3) is 2.43. The van der Waals surface area contributed by atoms with Crippen LogP contribution in [0.25, 0.3) is 10.4 Å². The van der Waals surface area contributed by atoms with E-state index in [1.165, 1.54) is 0 Å². The molecule has 0 aliphatic rings. The van der Waals surface area contributed by atoms with Crippen LogP contribution in [-0.2, 0) is 0 Å². The van der Waals surface area contributed by atoms with Crippen LogP contribution in [0, 0.1) is 0 Å². The molecule has 9 heavy (non-hydrogen) atoms. The number of tetrazole rings is 1. The zero-order valence-electron chi connectivity index (χ0n) is 4.63. The number of azide groups is 1. The van der Waals surface area contributed by atoms with E-state index in [1.807, 2.05) is 0 Å². The van der Waals surface area contributed by atoms with Crippen molar-refractivity contribution in [1.29, 1.82) is 0 Å². The molecule has 0 atom stereocenters. The largest absolute Gasteiger partial charge is 1.00 e. The second kappa shape index (κ2) is 4.28. The summed E-state index contributed by atoms with van der Waals surface area (Å²) < 4.78 is 0. The van der Waals surface area contributed by atoms with E-state index in [4.69, 9.17) is 5.53 Å². The van der Waals surface area contributed by atoms with Gasteiger partial charge >= 0.3 is 29.6 Å². The van der Waals surface area contributed by atoms with Crippen molar-refractivity contribution in [2.45, 2.75) is 0 Å². The normalized spacial score (nSPS) is 7.11. The maximum Gasteiger partial charge on any atom is 1.00 e. The first kappa shape index (κ1) is 8.38. The van der Waals surface area contributed by atoms with E-state index < -0.39 is 0 Å². The number of nitrogens with zero attached hydrogens (tertiary/aromatic N) is 7. The summed E-state index contributed by atoms with van der Waals surface area (Å²) in [7, 11) is 0. The molecule has 1 aromatic heterocycles. The van der Waals surface area contributed by atoms with Crippen LogP contribution in [-0.4, -0.2) is 15.5 Å². The Bertz CT molecular complexity index is 195. The van der Waals surface area contributed by atoms with Crippen molar-refractivity contribution in [3.63, 3.8) is 0 Å². The summed E-state index contributed by atoms with van der Waals surface area (Å²) in [5, 5.41) is 15.6. The minimum absolute atomic E-state index is 0. The fourth-order valence-corrected chi connectivity index (χ4v) is 0.220. The fourth-order valence-electron chi connectivity index (χ4n) is 0.220. The van der Waals surface area contributed by atoms with Gasteiger partial charge in [0, 0.05) is 5.53 Å². The molecule has 1 aromatic rings. The molecule has 0 saturated carbocycles. The first-order valence-corrected chi connectivity index (χ1v) is 1.67. The van der Waals surface area contributed by atoms with E-state index >= 15 is 0 Å². The molecule has 7 nitrogen and oxygen atoms in total. The van der Waals surface area contributed by atoms with Crippen molar-refractivity contribution in [3.8, 4) is 0 Å².